The lowest BCUT2D eigenvalue weighted by molar-refractivity contribution is -0.153. The summed E-state index contributed by atoms with van der Waals surface area (Å²) in [6.07, 6.45) is -0.657. The highest BCUT2D eigenvalue weighted by molar-refractivity contribution is 9.10. The highest BCUT2D eigenvalue weighted by Crippen LogP contribution is 2.32. The van der Waals surface area contributed by atoms with Gasteiger partial charge in [0.15, 0.2) is 6.04 Å². The van der Waals surface area contributed by atoms with Crippen LogP contribution in [0.4, 0.5) is 4.79 Å². The fourth-order valence-corrected chi connectivity index (χ4v) is 3.77. The van der Waals surface area contributed by atoms with Gasteiger partial charge in [0.1, 0.15) is 15.4 Å². The summed E-state index contributed by atoms with van der Waals surface area (Å²) in [6, 6.07) is 1.85. The monoisotopic (exact) mass is 475 g/mol. The number of nitrogens with zero attached hydrogens (tertiary/aromatic N) is 3. The van der Waals surface area contributed by atoms with Gasteiger partial charge in [0.25, 0.3) is 0 Å². The molecule has 2 heterocycles. The van der Waals surface area contributed by atoms with Gasteiger partial charge in [0.2, 0.25) is 5.91 Å². The molecule has 0 radical (unpaired) electrons. The average molecular weight is 477 g/mol. The summed E-state index contributed by atoms with van der Waals surface area (Å²) in [5.74, 6) is -0.865. The number of aromatic nitrogens is 1. The zero-order chi connectivity index (χ0) is 21.2. The molecule has 2 rings (SSSR count). The molecule has 0 aliphatic carbocycles. The molecule has 1 aliphatic rings. The Bertz CT molecular complexity index is 763. The lowest BCUT2D eigenvalue weighted by atomic mass is 10.00. The molecule has 2 atom stereocenters. The molecule has 154 valence electrons. The molecular formula is C18H23BrClN3O5. The molecule has 0 saturated carbocycles. The van der Waals surface area contributed by atoms with Crippen LogP contribution in [0.15, 0.2) is 16.7 Å². The van der Waals surface area contributed by atoms with Crippen LogP contribution in [0, 0.1) is 0 Å². The van der Waals surface area contributed by atoms with Gasteiger partial charge in [-0.25, -0.2) is 14.6 Å². The molecular weight excluding hydrogens is 454 g/mol. The minimum absolute atomic E-state index is 0.0243. The van der Waals surface area contributed by atoms with Gasteiger partial charge in [-0.3, -0.25) is 9.69 Å². The van der Waals surface area contributed by atoms with Crippen molar-refractivity contribution in [1.82, 2.24) is 14.8 Å². The van der Waals surface area contributed by atoms with Crippen LogP contribution in [0.25, 0.3) is 0 Å². The molecule has 0 aromatic carbocycles. The third-order valence-electron chi connectivity index (χ3n) is 4.17. The van der Waals surface area contributed by atoms with E-state index < -0.39 is 29.7 Å². The second-order valence-corrected chi connectivity index (χ2v) is 8.60. The molecule has 8 nitrogen and oxygen atoms in total. The van der Waals surface area contributed by atoms with Gasteiger partial charge < -0.3 is 14.4 Å². The Morgan fingerprint density at radius 3 is 2.36 bits per heavy atom. The maximum Gasteiger partial charge on any atom is 0.411 e. The van der Waals surface area contributed by atoms with Gasteiger partial charge in [-0.2, -0.15) is 0 Å². The van der Waals surface area contributed by atoms with Crippen LogP contribution in [-0.2, 0) is 19.1 Å². The molecule has 10 heteroatoms. The highest BCUT2D eigenvalue weighted by atomic mass is 79.9. The van der Waals surface area contributed by atoms with Crippen LogP contribution in [-0.4, -0.2) is 64.6 Å². The summed E-state index contributed by atoms with van der Waals surface area (Å²) in [4.78, 5) is 44.3. The Labute approximate surface area is 177 Å². The molecule has 0 N–H and O–H groups in total. The zero-order valence-electron chi connectivity index (χ0n) is 16.4. The second-order valence-electron chi connectivity index (χ2n) is 7.40. The largest absolute Gasteiger partial charge is 0.467 e. The molecule has 0 bridgehead atoms. The van der Waals surface area contributed by atoms with Crippen molar-refractivity contribution < 1.29 is 23.9 Å². The van der Waals surface area contributed by atoms with Gasteiger partial charge in [0.05, 0.1) is 19.7 Å². The summed E-state index contributed by atoms with van der Waals surface area (Å²) < 4.78 is 10.8. The Morgan fingerprint density at radius 1 is 1.21 bits per heavy atom. The Hall–Kier alpha value is -1.87. The van der Waals surface area contributed by atoms with E-state index in [2.05, 4.69) is 20.9 Å². The predicted octanol–water partition coefficient (Wildman–Crippen LogP) is 3.18. The number of amides is 2. The summed E-state index contributed by atoms with van der Waals surface area (Å²) in [5, 5.41) is 0.242. The van der Waals surface area contributed by atoms with Gasteiger partial charge in [-0.05, 0) is 54.4 Å². The first kappa shape index (κ1) is 22.4. The van der Waals surface area contributed by atoms with Crippen molar-refractivity contribution in [2.24, 2.45) is 0 Å². The summed E-state index contributed by atoms with van der Waals surface area (Å²) in [7, 11) is 1.24. The molecule has 1 aliphatic heterocycles. The first-order valence-corrected chi connectivity index (χ1v) is 9.77. The van der Waals surface area contributed by atoms with Crippen molar-refractivity contribution in [2.75, 3.05) is 20.2 Å². The number of halogens is 2. The molecule has 1 fully saturated rings. The number of hydrogen-bond donors (Lipinski definition) is 0. The lowest BCUT2D eigenvalue weighted by Gasteiger charge is -2.45. The van der Waals surface area contributed by atoms with Gasteiger partial charge in [-0.1, -0.05) is 11.6 Å². The summed E-state index contributed by atoms with van der Waals surface area (Å²) >= 11 is 9.35. The van der Waals surface area contributed by atoms with E-state index in [-0.39, 0.29) is 24.1 Å². The lowest BCUT2D eigenvalue weighted by Crippen LogP contribution is -2.61. The van der Waals surface area contributed by atoms with E-state index in [0.717, 1.165) is 0 Å². The van der Waals surface area contributed by atoms with Crippen LogP contribution in [0.3, 0.4) is 0 Å². The van der Waals surface area contributed by atoms with Crippen LogP contribution in [0.2, 0.25) is 5.15 Å². The number of carbonyl (C=O) groups excluding carboxylic acids is 3. The first-order chi connectivity index (χ1) is 12.9. The van der Waals surface area contributed by atoms with Crippen molar-refractivity contribution >= 4 is 45.5 Å². The van der Waals surface area contributed by atoms with Gasteiger partial charge >= 0.3 is 12.1 Å². The van der Waals surface area contributed by atoms with Crippen molar-refractivity contribution in [2.45, 2.75) is 45.4 Å². The third kappa shape index (κ3) is 5.35. The summed E-state index contributed by atoms with van der Waals surface area (Å²) in [5.41, 5.74) is -0.0625. The summed E-state index contributed by atoms with van der Waals surface area (Å²) in [6.45, 7) is 6.64. The van der Waals surface area contributed by atoms with E-state index in [0.29, 0.717) is 10.2 Å². The number of hydrogen-bond acceptors (Lipinski definition) is 6. The number of carbonyl (C=O) groups is 3. The Morgan fingerprint density at radius 2 is 1.86 bits per heavy atom. The number of pyridine rings is 1. The fraction of sp³-hybridized carbons (Fsp3) is 0.556. The Kier molecular flexibility index (Phi) is 6.93. The number of methoxy groups -OCH3 is 1. The molecule has 2 amide bonds. The molecule has 0 spiro atoms. The van der Waals surface area contributed by atoms with E-state index in [1.165, 1.54) is 23.8 Å². The molecule has 28 heavy (non-hydrogen) atoms. The van der Waals surface area contributed by atoms with E-state index in [1.54, 1.807) is 32.9 Å². The average Bonchev–Trinajstić information content (AvgIpc) is 2.57. The van der Waals surface area contributed by atoms with Crippen LogP contribution >= 0.6 is 27.5 Å². The topological polar surface area (TPSA) is 89.0 Å². The maximum atomic E-state index is 12.8. The number of piperazine rings is 1. The SMILES string of the molecule is COC(=O)[C@H]1CN(C(C)=O)[C@H](c2cc(Cl)nc(Br)c2)CN1C(=O)OC(C)(C)C. The van der Waals surface area contributed by atoms with E-state index >= 15 is 0 Å². The molecule has 0 unspecified atom stereocenters. The zero-order valence-corrected chi connectivity index (χ0v) is 18.7. The number of ether oxygens (including phenoxy) is 2. The smallest absolute Gasteiger partial charge is 0.411 e. The minimum Gasteiger partial charge on any atom is -0.467 e. The Balaban J connectivity index is 2.46. The molecule has 1 aromatic heterocycles. The standard InChI is InChI=1S/C18H23BrClN3O5/c1-10(24)22-9-13(16(25)27-5)23(17(26)28-18(2,3)4)8-12(22)11-6-14(19)21-15(20)7-11/h6-7,12-13H,8-9H2,1-5H3/t12-,13+/m0/s1. The van der Waals surface area contributed by atoms with E-state index in [9.17, 15) is 14.4 Å². The maximum absolute atomic E-state index is 12.8. The van der Waals surface area contributed by atoms with Crippen molar-refractivity contribution in [3.63, 3.8) is 0 Å². The van der Waals surface area contributed by atoms with Crippen molar-refractivity contribution in [3.8, 4) is 0 Å². The first-order valence-electron chi connectivity index (χ1n) is 8.60. The van der Waals surface area contributed by atoms with Crippen molar-refractivity contribution in [1.29, 1.82) is 0 Å². The minimum atomic E-state index is -0.972. The molecule has 1 saturated heterocycles. The number of rotatable bonds is 2. The number of esters is 1. The predicted molar refractivity (Wildman–Crippen MR) is 106 cm³/mol. The quantitative estimate of drug-likeness (QED) is 0.481. The van der Waals surface area contributed by atoms with Gasteiger partial charge in [0, 0.05) is 13.5 Å². The molecule has 1 aromatic rings. The fourth-order valence-electron chi connectivity index (χ4n) is 2.99. The van der Waals surface area contributed by atoms with Crippen LogP contribution in [0.5, 0.6) is 0 Å². The van der Waals surface area contributed by atoms with E-state index in [4.69, 9.17) is 21.1 Å². The van der Waals surface area contributed by atoms with Crippen molar-refractivity contribution in [3.05, 3.63) is 27.5 Å². The third-order valence-corrected chi connectivity index (χ3v) is 4.77. The van der Waals surface area contributed by atoms with Crippen LogP contribution < -0.4 is 0 Å². The normalized spacial score (nSPS) is 20.0. The van der Waals surface area contributed by atoms with E-state index in [1.807, 2.05) is 0 Å². The highest BCUT2D eigenvalue weighted by Gasteiger charge is 2.43. The van der Waals surface area contributed by atoms with Gasteiger partial charge in [-0.15, -0.1) is 0 Å². The second kappa shape index (κ2) is 8.65. The van der Waals surface area contributed by atoms with Crippen LogP contribution in [0.1, 0.15) is 39.3 Å².